The van der Waals surface area contributed by atoms with Gasteiger partial charge in [0.2, 0.25) is 0 Å². The van der Waals surface area contributed by atoms with Crippen molar-refractivity contribution in [2.24, 2.45) is 5.41 Å². The van der Waals surface area contributed by atoms with Crippen molar-refractivity contribution in [3.63, 3.8) is 0 Å². The lowest BCUT2D eigenvalue weighted by Gasteiger charge is -2.27. The summed E-state index contributed by atoms with van der Waals surface area (Å²) in [5, 5.41) is 3.33. The molecule has 2 rings (SSSR count). The van der Waals surface area contributed by atoms with E-state index >= 15 is 0 Å². The van der Waals surface area contributed by atoms with Crippen LogP contribution in [0.3, 0.4) is 0 Å². The smallest absolute Gasteiger partial charge is 0.139 e. The second-order valence-electron chi connectivity index (χ2n) is 6.05. The molecule has 0 saturated carbocycles. The zero-order valence-electron chi connectivity index (χ0n) is 12.5. The van der Waals surface area contributed by atoms with Crippen LogP contribution in [0, 0.1) is 5.41 Å². The molecule has 0 spiro atoms. The molecule has 1 N–H and O–H groups in total. The molecule has 0 atom stereocenters. The SMILES string of the molecule is CCCOc1ccc(NC2=CC(C)(C)CC(=O)C2)cc1. The summed E-state index contributed by atoms with van der Waals surface area (Å²) in [6, 6.07) is 7.87. The van der Waals surface area contributed by atoms with Crippen molar-refractivity contribution < 1.29 is 9.53 Å². The van der Waals surface area contributed by atoms with E-state index in [0.29, 0.717) is 18.6 Å². The van der Waals surface area contributed by atoms with E-state index in [-0.39, 0.29) is 5.41 Å². The Kier molecular flexibility index (Phi) is 4.48. The zero-order chi connectivity index (χ0) is 14.6. The van der Waals surface area contributed by atoms with Gasteiger partial charge in [-0.2, -0.15) is 0 Å². The summed E-state index contributed by atoms with van der Waals surface area (Å²) < 4.78 is 5.55. The Morgan fingerprint density at radius 2 is 1.95 bits per heavy atom. The van der Waals surface area contributed by atoms with Crippen molar-refractivity contribution >= 4 is 11.5 Å². The highest BCUT2D eigenvalue weighted by atomic mass is 16.5. The van der Waals surface area contributed by atoms with Crippen LogP contribution in [0.4, 0.5) is 5.69 Å². The average molecular weight is 273 g/mol. The van der Waals surface area contributed by atoms with Gasteiger partial charge in [0.25, 0.3) is 0 Å². The molecule has 1 aromatic rings. The van der Waals surface area contributed by atoms with Crippen molar-refractivity contribution in [1.82, 2.24) is 0 Å². The van der Waals surface area contributed by atoms with Gasteiger partial charge in [0.15, 0.2) is 0 Å². The highest BCUT2D eigenvalue weighted by Gasteiger charge is 2.26. The van der Waals surface area contributed by atoms with E-state index in [4.69, 9.17) is 4.74 Å². The van der Waals surface area contributed by atoms with Gasteiger partial charge in [-0.1, -0.05) is 26.8 Å². The summed E-state index contributed by atoms with van der Waals surface area (Å²) in [6.45, 7) is 7.01. The number of ketones is 1. The standard InChI is InChI=1S/C17H23NO2/c1-4-9-20-16-7-5-13(6-8-16)18-14-10-15(19)12-17(2,3)11-14/h5-8,11,18H,4,9-10,12H2,1-3H3. The lowest BCUT2D eigenvalue weighted by Crippen LogP contribution is -2.23. The highest BCUT2D eigenvalue weighted by Crippen LogP contribution is 2.31. The first kappa shape index (κ1) is 14.6. The monoisotopic (exact) mass is 273 g/mol. The van der Waals surface area contributed by atoms with Crippen LogP contribution < -0.4 is 10.1 Å². The molecule has 1 aromatic carbocycles. The first-order valence-corrected chi connectivity index (χ1v) is 7.22. The minimum Gasteiger partial charge on any atom is -0.494 e. The molecule has 0 unspecified atom stereocenters. The highest BCUT2D eigenvalue weighted by molar-refractivity contribution is 5.84. The van der Waals surface area contributed by atoms with Gasteiger partial charge in [0, 0.05) is 24.2 Å². The number of benzene rings is 1. The minimum absolute atomic E-state index is 0.0537. The maximum Gasteiger partial charge on any atom is 0.139 e. The van der Waals surface area contributed by atoms with Crippen molar-refractivity contribution in [2.45, 2.75) is 40.0 Å². The maximum absolute atomic E-state index is 11.8. The number of rotatable bonds is 5. The third-order valence-corrected chi connectivity index (χ3v) is 3.24. The zero-order valence-corrected chi connectivity index (χ0v) is 12.5. The van der Waals surface area contributed by atoms with Crippen LogP contribution in [-0.4, -0.2) is 12.4 Å². The quantitative estimate of drug-likeness (QED) is 0.875. The molecule has 3 nitrogen and oxygen atoms in total. The first-order valence-electron chi connectivity index (χ1n) is 7.22. The molecule has 0 aliphatic heterocycles. The number of hydrogen-bond donors (Lipinski definition) is 1. The number of anilines is 1. The van der Waals surface area contributed by atoms with Gasteiger partial charge in [-0.3, -0.25) is 4.79 Å². The predicted octanol–water partition coefficient (Wildman–Crippen LogP) is 4.16. The van der Waals surface area contributed by atoms with E-state index in [1.807, 2.05) is 24.3 Å². The van der Waals surface area contributed by atoms with Crippen LogP contribution in [0.5, 0.6) is 5.75 Å². The normalized spacial score (nSPS) is 17.6. The number of Topliss-reactive ketones (excluding diaryl/α,β-unsaturated/α-hetero) is 1. The minimum atomic E-state index is -0.0537. The molecule has 1 aliphatic rings. The molecular formula is C17H23NO2. The predicted molar refractivity (Wildman–Crippen MR) is 82.0 cm³/mol. The lowest BCUT2D eigenvalue weighted by atomic mass is 9.81. The molecule has 108 valence electrons. The molecule has 0 heterocycles. The molecule has 0 amide bonds. The summed E-state index contributed by atoms with van der Waals surface area (Å²) >= 11 is 0. The van der Waals surface area contributed by atoms with Gasteiger partial charge < -0.3 is 10.1 Å². The first-order chi connectivity index (χ1) is 9.48. The van der Waals surface area contributed by atoms with E-state index in [2.05, 4.69) is 32.2 Å². The van der Waals surface area contributed by atoms with Crippen molar-refractivity contribution in [1.29, 1.82) is 0 Å². The average Bonchev–Trinajstić information content (AvgIpc) is 2.35. The van der Waals surface area contributed by atoms with E-state index in [1.54, 1.807) is 0 Å². The Bertz CT molecular complexity index is 500. The van der Waals surface area contributed by atoms with Gasteiger partial charge in [-0.05, 0) is 36.1 Å². The van der Waals surface area contributed by atoms with Crippen LogP contribution in [0.15, 0.2) is 36.0 Å². The fraction of sp³-hybridized carbons (Fsp3) is 0.471. The number of nitrogens with one attached hydrogen (secondary N) is 1. The topological polar surface area (TPSA) is 38.3 Å². The number of carbonyl (C=O) groups excluding carboxylic acids is 1. The van der Waals surface area contributed by atoms with Crippen LogP contribution >= 0.6 is 0 Å². The van der Waals surface area contributed by atoms with Crippen LogP contribution in [-0.2, 0) is 4.79 Å². The molecule has 1 aliphatic carbocycles. The molecule has 3 heteroatoms. The largest absolute Gasteiger partial charge is 0.494 e. The van der Waals surface area contributed by atoms with E-state index in [1.165, 1.54) is 0 Å². The second-order valence-corrected chi connectivity index (χ2v) is 6.05. The van der Waals surface area contributed by atoms with E-state index in [9.17, 15) is 4.79 Å². The van der Waals surface area contributed by atoms with Gasteiger partial charge >= 0.3 is 0 Å². The van der Waals surface area contributed by atoms with Crippen LogP contribution in [0.1, 0.15) is 40.0 Å². The Morgan fingerprint density at radius 1 is 1.25 bits per heavy atom. The Balaban J connectivity index is 2.03. The Labute approximate surface area is 121 Å². The van der Waals surface area contributed by atoms with Gasteiger partial charge in [-0.25, -0.2) is 0 Å². The Hall–Kier alpha value is -1.77. The van der Waals surface area contributed by atoms with Gasteiger partial charge in [-0.15, -0.1) is 0 Å². The van der Waals surface area contributed by atoms with Crippen molar-refractivity contribution in [3.8, 4) is 5.75 Å². The van der Waals surface area contributed by atoms with Crippen LogP contribution in [0.25, 0.3) is 0 Å². The second kappa shape index (κ2) is 6.12. The van der Waals surface area contributed by atoms with E-state index < -0.39 is 0 Å². The van der Waals surface area contributed by atoms with Crippen molar-refractivity contribution in [2.75, 3.05) is 11.9 Å². The molecule has 20 heavy (non-hydrogen) atoms. The number of hydrogen-bond acceptors (Lipinski definition) is 3. The molecule has 0 radical (unpaired) electrons. The molecule has 0 bridgehead atoms. The summed E-state index contributed by atoms with van der Waals surface area (Å²) in [5.41, 5.74) is 1.93. The number of allylic oxidation sites excluding steroid dienone is 2. The molecule has 0 aromatic heterocycles. The summed E-state index contributed by atoms with van der Waals surface area (Å²) in [7, 11) is 0. The number of carbonyl (C=O) groups is 1. The van der Waals surface area contributed by atoms with Gasteiger partial charge in [0.05, 0.1) is 6.61 Å². The third-order valence-electron chi connectivity index (χ3n) is 3.24. The van der Waals surface area contributed by atoms with Crippen molar-refractivity contribution in [3.05, 3.63) is 36.0 Å². The summed E-state index contributed by atoms with van der Waals surface area (Å²) in [6.07, 6.45) is 4.29. The fourth-order valence-electron chi connectivity index (χ4n) is 2.48. The van der Waals surface area contributed by atoms with E-state index in [0.717, 1.165) is 30.2 Å². The lowest BCUT2D eigenvalue weighted by molar-refractivity contribution is -0.120. The number of ether oxygens (including phenoxy) is 1. The molecule has 0 saturated heterocycles. The fourth-order valence-corrected chi connectivity index (χ4v) is 2.48. The van der Waals surface area contributed by atoms with Gasteiger partial charge in [0.1, 0.15) is 11.5 Å². The third kappa shape index (κ3) is 4.12. The molecular weight excluding hydrogens is 250 g/mol. The Morgan fingerprint density at radius 3 is 2.55 bits per heavy atom. The maximum atomic E-state index is 11.8. The summed E-state index contributed by atoms with van der Waals surface area (Å²) in [5.74, 6) is 1.18. The molecule has 0 fully saturated rings. The summed E-state index contributed by atoms with van der Waals surface area (Å²) in [4.78, 5) is 11.8. The van der Waals surface area contributed by atoms with Crippen LogP contribution in [0.2, 0.25) is 0 Å².